The number of esters is 1. The number of carbonyl (C=O) groups is 1. The van der Waals surface area contributed by atoms with Gasteiger partial charge in [0, 0.05) is 11.9 Å². The standard InChI is InChI=1S/C26H30N2O2/c1-18(2)25(28-23-12-10-21(11-13-23)20-8-9-20)26(29)30-17-24-22(14-15-27-24)16-19-6-4-3-5-7-19/h3-7,10-15,18,20,25,27-28H,8-9,16-17H2,1-2H3. The summed E-state index contributed by atoms with van der Waals surface area (Å²) in [5.41, 5.74) is 5.69. The quantitative estimate of drug-likeness (QED) is 0.454. The van der Waals surface area contributed by atoms with Crippen molar-refractivity contribution in [1.82, 2.24) is 4.98 Å². The van der Waals surface area contributed by atoms with Gasteiger partial charge in [-0.25, -0.2) is 4.79 Å². The van der Waals surface area contributed by atoms with Crippen molar-refractivity contribution < 1.29 is 9.53 Å². The summed E-state index contributed by atoms with van der Waals surface area (Å²) in [5, 5.41) is 3.36. The van der Waals surface area contributed by atoms with Crippen molar-refractivity contribution in [3.8, 4) is 0 Å². The number of nitrogens with one attached hydrogen (secondary N) is 2. The van der Waals surface area contributed by atoms with Crippen LogP contribution < -0.4 is 5.32 Å². The number of hydrogen-bond acceptors (Lipinski definition) is 3. The minimum absolute atomic E-state index is 0.119. The van der Waals surface area contributed by atoms with E-state index in [1.165, 1.54) is 24.0 Å². The van der Waals surface area contributed by atoms with E-state index >= 15 is 0 Å². The highest BCUT2D eigenvalue weighted by molar-refractivity contribution is 5.79. The lowest BCUT2D eigenvalue weighted by Crippen LogP contribution is -2.36. The van der Waals surface area contributed by atoms with Crippen LogP contribution in [0.2, 0.25) is 0 Å². The van der Waals surface area contributed by atoms with Crippen LogP contribution in [0.1, 0.15) is 55.0 Å². The molecule has 1 saturated carbocycles. The minimum atomic E-state index is -0.385. The Morgan fingerprint density at radius 3 is 2.47 bits per heavy atom. The molecular formula is C26H30N2O2. The van der Waals surface area contributed by atoms with Gasteiger partial charge in [-0.1, -0.05) is 56.3 Å². The Morgan fingerprint density at radius 1 is 1.07 bits per heavy atom. The maximum atomic E-state index is 12.8. The highest BCUT2D eigenvalue weighted by atomic mass is 16.5. The molecule has 0 bridgehead atoms. The van der Waals surface area contributed by atoms with E-state index in [1.54, 1.807) is 0 Å². The monoisotopic (exact) mass is 402 g/mol. The molecule has 1 aliphatic rings. The number of anilines is 1. The molecule has 1 atom stereocenters. The first-order valence-electron chi connectivity index (χ1n) is 10.8. The summed E-state index contributed by atoms with van der Waals surface area (Å²) in [6, 6.07) is 20.4. The Labute approximate surface area is 178 Å². The molecule has 3 aromatic rings. The first-order valence-corrected chi connectivity index (χ1v) is 10.8. The van der Waals surface area contributed by atoms with Crippen molar-refractivity contribution in [3.05, 3.63) is 89.2 Å². The van der Waals surface area contributed by atoms with Gasteiger partial charge in [-0.05, 0) is 66.0 Å². The maximum absolute atomic E-state index is 12.8. The lowest BCUT2D eigenvalue weighted by atomic mass is 10.0. The van der Waals surface area contributed by atoms with Crippen molar-refractivity contribution in [3.63, 3.8) is 0 Å². The van der Waals surface area contributed by atoms with E-state index in [0.29, 0.717) is 0 Å². The fourth-order valence-corrected chi connectivity index (χ4v) is 3.73. The molecule has 0 spiro atoms. The van der Waals surface area contributed by atoms with Crippen LogP contribution in [0, 0.1) is 5.92 Å². The maximum Gasteiger partial charge on any atom is 0.329 e. The van der Waals surface area contributed by atoms with E-state index in [2.05, 4.69) is 52.8 Å². The van der Waals surface area contributed by atoms with Crippen LogP contribution in [0.25, 0.3) is 0 Å². The summed E-state index contributed by atoms with van der Waals surface area (Å²) in [7, 11) is 0. The fourth-order valence-electron chi connectivity index (χ4n) is 3.73. The van der Waals surface area contributed by atoms with Gasteiger partial charge in [0.1, 0.15) is 12.6 Å². The summed E-state index contributed by atoms with van der Waals surface area (Å²) in [5.74, 6) is 0.625. The molecule has 1 fully saturated rings. The van der Waals surface area contributed by atoms with Crippen LogP contribution in [-0.4, -0.2) is 17.0 Å². The van der Waals surface area contributed by atoms with Crippen LogP contribution in [0.4, 0.5) is 5.69 Å². The molecule has 2 N–H and O–H groups in total. The molecule has 1 unspecified atom stereocenters. The molecule has 4 rings (SSSR count). The summed E-state index contributed by atoms with van der Waals surface area (Å²) >= 11 is 0. The van der Waals surface area contributed by atoms with Crippen molar-refractivity contribution in [2.75, 3.05) is 5.32 Å². The van der Waals surface area contributed by atoms with Crippen molar-refractivity contribution in [2.45, 2.75) is 51.7 Å². The summed E-state index contributed by atoms with van der Waals surface area (Å²) in [4.78, 5) is 16.1. The third-order valence-corrected chi connectivity index (χ3v) is 5.73. The third kappa shape index (κ3) is 5.12. The number of aromatic nitrogens is 1. The Balaban J connectivity index is 1.36. The van der Waals surface area contributed by atoms with Gasteiger partial charge in [-0.15, -0.1) is 0 Å². The van der Waals surface area contributed by atoms with Gasteiger partial charge in [0.2, 0.25) is 0 Å². The second-order valence-electron chi connectivity index (χ2n) is 8.51. The van der Waals surface area contributed by atoms with Crippen LogP contribution in [0.5, 0.6) is 0 Å². The van der Waals surface area contributed by atoms with Gasteiger partial charge in [-0.3, -0.25) is 0 Å². The molecule has 0 amide bonds. The second-order valence-corrected chi connectivity index (χ2v) is 8.51. The Kier molecular flexibility index (Phi) is 6.22. The summed E-state index contributed by atoms with van der Waals surface area (Å²) in [6.07, 6.45) is 5.30. The van der Waals surface area contributed by atoms with E-state index in [1.807, 2.05) is 38.2 Å². The number of ether oxygens (including phenoxy) is 1. The van der Waals surface area contributed by atoms with Crippen molar-refractivity contribution in [1.29, 1.82) is 0 Å². The molecule has 4 heteroatoms. The third-order valence-electron chi connectivity index (χ3n) is 5.73. The largest absolute Gasteiger partial charge is 0.458 e. The van der Waals surface area contributed by atoms with Crippen LogP contribution in [-0.2, 0) is 22.6 Å². The van der Waals surface area contributed by atoms with Gasteiger partial charge in [0.05, 0.1) is 5.69 Å². The van der Waals surface area contributed by atoms with Crippen molar-refractivity contribution in [2.24, 2.45) is 5.92 Å². The summed E-state index contributed by atoms with van der Waals surface area (Å²) in [6.45, 7) is 4.32. The van der Waals surface area contributed by atoms with Gasteiger partial charge in [-0.2, -0.15) is 0 Å². The molecule has 1 heterocycles. The number of H-pyrrole nitrogens is 1. The fraction of sp³-hybridized carbons (Fsp3) is 0.346. The molecule has 4 nitrogen and oxygen atoms in total. The number of benzene rings is 2. The zero-order valence-corrected chi connectivity index (χ0v) is 17.7. The minimum Gasteiger partial charge on any atom is -0.458 e. The smallest absolute Gasteiger partial charge is 0.329 e. The topological polar surface area (TPSA) is 54.1 Å². The molecule has 1 aromatic heterocycles. The Bertz CT molecular complexity index is 956. The zero-order valence-electron chi connectivity index (χ0n) is 17.7. The van der Waals surface area contributed by atoms with Crippen LogP contribution in [0.15, 0.2) is 66.9 Å². The summed E-state index contributed by atoms with van der Waals surface area (Å²) < 4.78 is 5.70. The SMILES string of the molecule is CC(C)C(Nc1ccc(C2CC2)cc1)C(=O)OCc1[nH]ccc1Cc1ccccc1. The lowest BCUT2D eigenvalue weighted by Gasteiger charge is -2.22. The highest BCUT2D eigenvalue weighted by Crippen LogP contribution is 2.40. The van der Waals surface area contributed by atoms with E-state index in [4.69, 9.17) is 4.74 Å². The Morgan fingerprint density at radius 2 is 1.80 bits per heavy atom. The van der Waals surface area contributed by atoms with Crippen LogP contribution in [0.3, 0.4) is 0 Å². The molecule has 0 aliphatic heterocycles. The molecular weight excluding hydrogens is 372 g/mol. The predicted molar refractivity (Wildman–Crippen MR) is 121 cm³/mol. The molecule has 1 aliphatic carbocycles. The first kappa shape index (κ1) is 20.3. The number of rotatable bonds is 9. The van der Waals surface area contributed by atoms with Crippen molar-refractivity contribution >= 4 is 11.7 Å². The molecule has 0 radical (unpaired) electrons. The Hall–Kier alpha value is -3.01. The number of aromatic amines is 1. The zero-order chi connectivity index (χ0) is 20.9. The average molecular weight is 403 g/mol. The average Bonchev–Trinajstić information content (AvgIpc) is 3.52. The first-order chi connectivity index (χ1) is 14.6. The van der Waals surface area contributed by atoms with Gasteiger partial charge in [0.25, 0.3) is 0 Å². The number of hydrogen-bond donors (Lipinski definition) is 2. The molecule has 0 saturated heterocycles. The second kappa shape index (κ2) is 9.21. The van der Waals surface area contributed by atoms with Gasteiger partial charge >= 0.3 is 5.97 Å². The van der Waals surface area contributed by atoms with Gasteiger partial charge in [0.15, 0.2) is 0 Å². The van der Waals surface area contributed by atoms with E-state index in [0.717, 1.165) is 29.3 Å². The predicted octanol–water partition coefficient (Wildman–Crippen LogP) is 5.66. The lowest BCUT2D eigenvalue weighted by molar-refractivity contribution is -0.147. The highest BCUT2D eigenvalue weighted by Gasteiger charge is 2.25. The molecule has 2 aromatic carbocycles. The van der Waals surface area contributed by atoms with Crippen LogP contribution >= 0.6 is 0 Å². The molecule has 30 heavy (non-hydrogen) atoms. The van der Waals surface area contributed by atoms with E-state index < -0.39 is 0 Å². The van der Waals surface area contributed by atoms with E-state index in [9.17, 15) is 4.79 Å². The van der Waals surface area contributed by atoms with E-state index in [-0.39, 0.29) is 24.5 Å². The molecule has 156 valence electrons. The van der Waals surface area contributed by atoms with Gasteiger partial charge < -0.3 is 15.0 Å². The normalized spacial score (nSPS) is 14.5. The number of carbonyl (C=O) groups excluding carboxylic acids is 1.